The summed E-state index contributed by atoms with van der Waals surface area (Å²) < 4.78 is 42.7. The topological polar surface area (TPSA) is 96.8 Å². The molecule has 1 N–H and O–H groups in total. The van der Waals surface area contributed by atoms with E-state index in [-0.39, 0.29) is 36.9 Å². The number of aromatic nitrogens is 5. The second-order valence-corrected chi connectivity index (χ2v) is 8.16. The van der Waals surface area contributed by atoms with Crippen molar-refractivity contribution in [3.63, 3.8) is 0 Å². The van der Waals surface area contributed by atoms with Gasteiger partial charge in [-0.1, -0.05) is 23.4 Å². The third-order valence-electron chi connectivity index (χ3n) is 5.98. The predicted molar refractivity (Wildman–Crippen MR) is 116 cm³/mol. The molecule has 0 saturated carbocycles. The van der Waals surface area contributed by atoms with Crippen LogP contribution in [-0.4, -0.2) is 48.9 Å². The minimum atomic E-state index is -0.898. The van der Waals surface area contributed by atoms with E-state index in [0.29, 0.717) is 24.3 Å². The van der Waals surface area contributed by atoms with Crippen LogP contribution in [0.1, 0.15) is 40.5 Å². The van der Waals surface area contributed by atoms with Crippen LogP contribution in [0.4, 0.5) is 13.2 Å². The highest BCUT2D eigenvalue weighted by atomic mass is 19.1. The number of carbonyl (C=O) groups excluding carboxylic acids is 1. The van der Waals surface area contributed by atoms with Crippen molar-refractivity contribution in [2.24, 2.45) is 0 Å². The summed E-state index contributed by atoms with van der Waals surface area (Å²) in [5.74, 6) is -2.58. The summed E-state index contributed by atoms with van der Waals surface area (Å²) in [6.45, 7) is 0.770. The van der Waals surface area contributed by atoms with Gasteiger partial charge in [0.15, 0.2) is 11.2 Å². The van der Waals surface area contributed by atoms with Gasteiger partial charge in [-0.2, -0.15) is 0 Å². The third-order valence-corrected chi connectivity index (χ3v) is 5.98. The number of benzene rings is 2. The summed E-state index contributed by atoms with van der Waals surface area (Å²) in [7, 11) is 0. The Kier molecular flexibility index (Phi) is 5.60. The van der Waals surface area contributed by atoms with E-state index in [9.17, 15) is 22.8 Å². The van der Waals surface area contributed by atoms with Crippen molar-refractivity contribution >= 4 is 17.1 Å². The van der Waals surface area contributed by atoms with Crippen LogP contribution < -0.4 is 5.56 Å². The lowest BCUT2D eigenvalue weighted by atomic mass is 9.95. The lowest BCUT2D eigenvalue weighted by Gasteiger charge is -2.31. The molecule has 1 aliphatic heterocycles. The van der Waals surface area contributed by atoms with Gasteiger partial charge in [-0.15, -0.1) is 5.10 Å². The molecule has 0 bridgehead atoms. The predicted octanol–water partition coefficient (Wildman–Crippen LogP) is 3.00. The second-order valence-electron chi connectivity index (χ2n) is 8.16. The molecule has 11 heteroatoms. The van der Waals surface area contributed by atoms with Crippen molar-refractivity contribution < 1.29 is 18.0 Å². The van der Waals surface area contributed by atoms with Gasteiger partial charge in [0.1, 0.15) is 28.8 Å². The van der Waals surface area contributed by atoms with Gasteiger partial charge in [0.05, 0.1) is 6.54 Å². The van der Waals surface area contributed by atoms with E-state index in [0.717, 1.165) is 17.7 Å². The number of hydrogen-bond donors (Lipinski definition) is 1. The van der Waals surface area contributed by atoms with E-state index in [4.69, 9.17) is 0 Å². The van der Waals surface area contributed by atoms with Crippen molar-refractivity contribution in [1.82, 2.24) is 29.9 Å². The standard InChI is InChI=1S/C23H19F3N6O2/c24-15-6-4-13(5-7-15)12-32-21-19(29-30-32)22(33)28-20(27-21)14-8-10-31(11-9-14)23(34)18-16(25)2-1-3-17(18)26/h1-7,14H,8-12H2,(H,27,28,33). The molecule has 174 valence electrons. The highest BCUT2D eigenvalue weighted by Crippen LogP contribution is 2.27. The summed E-state index contributed by atoms with van der Waals surface area (Å²) in [6, 6.07) is 9.21. The average molecular weight is 468 g/mol. The average Bonchev–Trinajstić information content (AvgIpc) is 3.23. The Morgan fingerprint density at radius 3 is 2.38 bits per heavy atom. The fraction of sp³-hybridized carbons (Fsp3) is 0.261. The molecule has 0 atom stereocenters. The summed E-state index contributed by atoms with van der Waals surface area (Å²) in [5, 5.41) is 7.92. The third kappa shape index (κ3) is 4.04. The molecule has 4 aromatic rings. The van der Waals surface area contributed by atoms with E-state index in [1.54, 1.807) is 12.1 Å². The lowest BCUT2D eigenvalue weighted by molar-refractivity contribution is 0.0701. The monoisotopic (exact) mass is 468 g/mol. The zero-order valence-electron chi connectivity index (χ0n) is 17.8. The van der Waals surface area contributed by atoms with Crippen LogP contribution in [0.5, 0.6) is 0 Å². The molecule has 0 unspecified atom stereocenters. The molecule has 2 aromatic heterocycles. The van der Waals surface area contributed by atoms with Crippen LogP contribution in [0.25, 0.3) is 11.2 Å². The largest absolute Gasteiger partial charge is 0.338 e. The van der Waals surface area contributed by atoms with Crippen molar-refractivity contribution in [1.29, 1.82) is 0 Å². The Hall–Kier alpha value is -4.02. The molecule has 1 fully saturated rings. The SMILES string of the molecule is O=C(c1c(F)cccc1F)N1CCC(c2nc3c(nnn3Cc3ccc(F)cc3)c(=O)[nH]2)CC1. The van der Waals surface area contributed by atoms with Crippen LogP contribution in [0, 0.1) is 17.5 Å². The first-order valence-corrected chi connectivity index (χ1v) is 10.7. The minimum absolute atomic E-state index is 0.0912. The van der Waals surface area contributed by atoms with E-state index < -0.39 is 28.7 Å². The molecule has 0 radical (unpaired) electrons. The normalized spacial score (nSPS) is 14.6. The molecular weight excluding hydrogens is 449 g/mol. The van der Waals surface area contributed by atoms with Gasteiger partial charge < -0.3 is 9.88 Å². The molecular formula is C23H19F3N6O2. The molecule has 1 aliphatic rings. The van der Waals surface area contributed by atoms with Gasteiger partial charge in [-0.05, 0) is 42.7 Å². The van der Waals surface area contributed by atoms with Crippen molar-refractivity contribution in [3.8, 4) is 0 Å². The minimum Gasteiger partial charge on any atom is -0.338 e. The fourth-order valence-electron chi connectivity index (χ4n) is 4.16. The lowest BCUT2D eigenvalue weighted by Crippen LogP contribution is -2.39. The summed E-state index contributed by atoms with van der Waals surface area (Å²) in [5.41, 5.74) is 0.162. The number of carbonyl (C=O) groups is 1. The molecule has 3 heterocycles. The Morgan fingerprint density at radius 1 is 1.03 bits per heavy atom. The number of amides is 1. The zero-order valence-corrected chi connectivity index (χ0v) is 17.8. The number of nitrogens with zero attached hydrogens (tertiary/aromatic N) is 5. The Morgan fingerprint density at radius 2 is 1.71 bits per heavy atom. The molecule has 5 rings (SSSR count). The second kappa shape index (κ2) is 8.73. The zero-order chi connectivity index (χ0) is 23.8. The van der Waals surface area contributed by atoms with Gasteiger partial charge in [-0.25, -0.2) is 22.8 Å². The van der Waals surface area contributed by atoms with E-state index in [2.05, 4.69) is 20.3 Å². The molecule has 1 saturated heterocycles. The van der Waals surface area contributed by atoms with Crippen molar-refractivity contribution in [2.75, 3.05) is 13.1 Å². The van der Waals surface area contributed by atoms with Crippen LogP contribution in [0.2, 0.25) is 0 Å². The number of hydrogen-bond acceptors (Lipinski definition) is 5. The maximum absolute atomic E-state index is 14.0. The highest BCUT2D eigenvalue weighted by molar-refractivity contribution is 5.94. The molecule has 0 aliphatic carbocycles. The van der Waals surface area contributed by atoms with Gasteiger partial charge in [0.2, 0.25) is 0 Å². The van der Waals surface area contributed by atoms with Gasteiger partial charge in [0.25, 0.3) is 11.5 Å². The summed E-state index contributed by atoms with van der Waals surface area (Å²) >= 11 is 0. The smallest absolute Gasteiger partial charge is 0.281 e. The fourth-order valence-corrected chi connectivity index (χ4v) is 4.16. The highest BCUT2D eigenvalue weighted by Gasteiger charge is 2.29. The number of nitrogens with one attached hydrogen (secondary N) is 1. The van der Waals surface area contributed by atoms with Gasteiger partial charge in [0, 0.05) is 19.0 Å². The molecule has 1 amide bonds. The Bertz CT molecular complexity index is 1400. The van der Waals surface area contributed by atoms with Crippen LogP contribution in [0.3, 0.4) is 0 Å². The number of aromatic amines is 1. The maximum atomic E-state index is 14.0. The number of fused-ring (bicyclic) bond motifs is 1. The summed E-state index contributed by atoms with van der Waals surface area (Å²) in [6.07, 6.45) is 0.908. The maximum Gasteiger partial charge on any atom is 0.281 e. The van der Waals surface area contributed by atoms with E-state index in [1.165, 1.54) is 27.8 Å². The number of likely N-dealkylation sites (tertiary alicyclic amines) is 1. The summed E-state index contributed by atoms with van der Waals surface area (Å²) in [4.78, 5) is 33.9. The quantitative estimate of drug-likeness (QED) is 0.497. The Labute approximate surface area is 191 Å². The number of piperidine rings is 1. The first-order chi connectivity index (χ1) is 16.4. The van der Waals surface area contributed by atoms with E-state index in [1.807, 2.05) is 0 Å². The molecule has 2 aromatic carbocycles. The first kappa shape index (κ1) is 21.8. The molecule has 34 heavy (non-hydrogen) atoms. The van der Waals surface area contributed by atoms with E-state index >= 15 is 0 Å². The van der Waals surface area contributed by atoms with Crippen LogP contribution >= 0.6 is 0 Å². The van der Waals surface area contributed by atoms with Crippen molar-refractivity contribution in [3.05, 3.63) is 87.2 Å². The first-order valence-electron chi connectivity index (χ1n) is 10.7. The Balaban J connectivity index is 1.35. The number of H-pyrrole nitrogens is 1. The molecule has 0 spiro atoms. The van der Waals surface area contributed by atoms with Gasteiger partial charge >= 0.3 is 0 Å². The van der Waals surface area contributed by atoms with Gasteiger partial charge in [-0.3, -0.25) is 9.59 Å². The van der Waals surface area contributed by atoms with Crippen molar-refractivity contribution in [2.45, 2.75) is 25.3 Å². The number of rotatable bonds is 4. The molecule has 8 nitrogen and oxygen atoms in total. The van der Waals surface area contributed by atoms with Crippen LogP contribution in [-0.2, 0) is 6.54 Å². The number of halogens is 3. The van der Waals surface area contributed by atoms with Crippen LogP contribution in [0.15, 0.2) is 47.3 Å².